The molecule has 2 aromatic carbocycles. The highest BCUT2D eigenvalue weighted by Gasteiger charge is 2.23. The van der Waals surface area contributed by atoms with Crippen LogP contribution >= 0.6 is 11.3 Å². The zero-order chi connectivity index (χ0) is 24.8. The van der Waals surface area contributed by atoms with Gasteiger partial charge in [0.05, 0.1) is 11.4 Å². The number of carbonyl (C=O) groups is 3. The van der Waals surface area contributed by atoms with Crippen molar-refractivity contribution in [3.63, 3.8) is 0 Å². The number of nitrogens with zero attached hydrogens (tertiary/aromatic N) is 2. The maximum atomic E-state index is 12.8. The molecular weight excluding hydrogens is 460 g/mol. The molecule has 1 aromatic heterocycles. The number of hydrogen-bond donors (Lipinski definition) is 2. The number of hydrogen-bond acceptors (Lipinski definition) is 5. The second-order valence-corrected chi connectivity index (χ2v) is 9.85. The monoisotopic (exact) mass is 490 g/mol. The Bertz CT molecular complexity index is 1150. The molecule has 1 saturated heterocycles. The Hall–Kier alpha value is -3.49. The van der Waals surface area contributed by atoms with E-state index in [2.05, 4.69) is 29.4 Å². The molecule has 4 rings (SSSR count). The van der Waals surface area contributed by atoms with Crippen molar-refractivity contribution in [3.8, 4) is 0 Å². The molecule has 8 heteroatoms. The van der Waals surface area contributed by atoms with E-state index in [1.54, 1.807) is 30.3 Å². The Morgan fingerprint density at radius 1 is 0.857 bits per heavy atom. The highest BCUT2D eigenvalue weighted by atomic mass is 32.1. The molecule has 1 fully saturated rings. The summed E-state index contributed by atoms with van der Waals surface area (Å²) in [5.74, 6) is 0.214. The van der Waals surface area contributed by atoms with Gasteiger partial charge in [0.15, 0.2) is 0 Å². The Morgan fingerprint density at radius 2 is 1.49 bits per heavy atom. The number of amides is 3. The predicted molar refractivity (Wildman–Crippen MR) is 140 cm³/mol. The lowest BCUT2D eigenvalue weighted by Crippen LogP contribution is -2.50. The molecule has 0 spiro atoms. The van der Waals surface area contributed by atoms with Crippen molar-refractivity contribution >= 4 is 40.4 Å². The lowest BCUT2D eigenvalue weighted by Gasteiger charge is -2.34. The number of nitrogens with one attached hydrogen (secondary N) is 2. The first kappa shape index (κ1) is 24.6. The summed E-state index contributed by atoms with van der Waals surface area (Å²) in [6.07, 6.45) is 0. The van der Waals surface area contributed by atoms with Gasteiger partial charge in [-0.25, -0.2) is 0 Å². The van der Waals surface area contributed by atoms with E-state index in [-0.39, 0.29) is 24.3 Å². The van der Waals surface area contributed by atoms with E-state index >= 15 is 0 Å². The Labute approximate surface area is 209 Å². The minimum absolute atomic E-state index is 0.0377. The SMILES string of the molecule is CC(C)c1ccc(C(=O)N2CCN(CC(=O)Nc3ccc(NC(=O)c4cccs4)cc3)CC2)cc1. The van der Waals surface area contributed by atoms with E-state index < -0.39 is 0 Å². The summed E-state index contributed by atoms with van der Waals surface area (Å²) in [6, 6.07) is 18.5. The van der Waals surface area contributed by atoms with Crippen LogP contribution in [0.15, 0.2) is 66.0 Å². The third-order valence-electron chi connectivity index (χ3n) is 6.02. The van der Waals surface area contributed by atoms with Gasteiger partial charge in [0.1, 0.15) is 0 Å². The van der Waals surface area contributed by atoms with Crippen molar-refractivity contribution in [3.05, 3.63) is 82.0 Å². The van der Waals surface area contributed by atoms with E-state index in [0.717, 1.165) is 0 Å². The number of anilines is 2. The minimum Gasteiger partial charge on any atom is -0.336 e. The summed E-state index contributed by atoms with van der Waals surface area (Å²) >= 11 is 1.38. The van der Waals surface area contributed by atoms with Crippen molar-refractivity contribution < 1.29 is 14.4 Å². The highest BCUT2D eigenvalue weighted by molar-refractivity contribution is 7.12. The van der Waals surface area contributed by atoms with Gasteiger partial charge < -0.3 is 15.5 Å². The molecule has 1 aliphatic heterocycles. The Kier molecular flexibility index (Phi) is 7.94. The van der Waals surface area contributed by atoms with Crippen LogP contribution in [0.4, 0.5) is 11.4 Å². The fraction of sp³-hybridized carbons (Fsp3) is 0.296. The molecule has 2 heterocycles. The fourth-order valence-corrected chi connectivity index (χ4v) is 4.56. The molecule has 182 valence electrons. The summed E-state index contributed by atoms with van der Waals surface area (Å²) in [7, 11) is 0. The molecule has 1 aliphatic rings. The topological polar surface area (TPSA) is 81.8 Å². The van der Waals surface area contributed by atoms with Crippen molar-refractivity contribution in [2.75, 3.05) is 43.4 Å². The summed E-state index contributed by atoms with van der Waals surface area (Å²) < 4.78 is 0. The van der Waals surface area contributed by atoms with Gasteiger partial charge >= 0.3 is 0 Å². The summed E-state index contributed by atoms with van der Waals surface area (Å²) in [5.41, 5.74) is 3.26. The second-order valence-electron chi connectivity index (χ2n) is 8.90. The third kappa shape index (κ3) is 6.55. The molecule has 2 N–H and O–H groups in total. The van der Waals surface area contributed by atoms with Crippen molar-refractivity contribution in [2.24, 2.45) is 0 Å². The van der Waals surface area contributed by atoms with Crippen LogP contribution in [-0.4, -0.2) is 60.2 Å². The second kappa shape index (κ2) is 11.3. The predicted octanol–water partition coefficient (Wildman–Crippen LogP) is 4.52. The smallest absolute Gasteiger partial charge is 0.265 e. The van der Waals surface area contributed by atoms with Crippen LogP contribution in [0.2, 0.25) is 0 Å². The zero-order valence-corrected chi connectivity index (χ0v) is 20.8. The van der Waals surface area contributed by atoms with E-state index in [9.17, 15) is 14.4 Å². The number of piperazine rings is 1. The number of carbonyl (C=O) groups excluding carboxylic acids is 3. The zero-order valence-electron chi connectivity index (χ0n) is 20.0. The van der Waals surface area contributed by atoms with Crippen molar-refractivity contribution in [2.45, 2.75) is 19.8 Å². The molecule has 0 unspecified atom stereocenters. The van der Waals surface area contributed by atoms with Gasteiger partial charge in [-0.2, -0.15) is 0 Å². The average Bonchev–Trinajstić information content (AvgIpc) is 3.41. The molecule has 0 saturated carbocycles. The minimum atomic E-state index is -0.151. The first-order valence-electron chi connectivity index (χ1n) is 11.8. The number of thiophene rings is 1. The van der Waals surface area contributed by atoms with E-state index in [4.69, 9.17) is 0 Å². The van der Waals surface area contributed by atoms with Crippen molar-refractivity contribution in [1.29, 1.82) is 0 Å². The van der Waals surface area contributed by atoms with Crippen LogP contribution in [0.25, 0.3) is 0 Å². The largest absolute Gasteiger partial charge is 0.336 e. The molecule has 0 atom stereocenters. The molecule has 0 aliphatic carbocycles. The molecule has 7 nitrogen and oxygen atoms in total. The number of rotatable bonds is 7. The van der Waals surface area contributed by atoms with E-state index in [1.807, 2.05) is 40.6 Å². The molecular formula is C27H30N4O3S. The maximum absolute atomic E-state index is 12.8. The number of benzene rings is 2. The normalized spacial score (nSPS) is 14.1. The molecule has 3 aromatic rings. The van der Waals surface area contributed by atoms with Gasteiger partial charge in [0.25, 0.3) is 11.8 Å². The lowest BCUT2D eigenvalue weighted by molar-refractivity contribution is -0.117. The van der Waals surface area contributed by atoms with Gasteiger partial charge in [0.2, 0.25) is 5.91 Å². The highest BCUT2D eigenvalue weighted by Crippen LogP contribution is 2.18. The van der Waals surface area contributed by atoms with Gasteiger partial charge in [-0.15, -0.1) is 11.3 Å². The van der Waals surface area contributed by atoms with Crippen LogP contribution in [0.5, 0.6) is 0 Å². The van der Waals surface area contributed by atoms with Crippen molar-refractivity contribution in [1.82, 2.24) is 9.80 Å². The quantitative estimate of drug-likeness (QED) is 0.510. The fourth-order valence-electron chi connectivity index (χ4n) is 3.94. The third-order valence-corrected chi connectivity index (χ3v) is 6.89. The lowest BCUT2D eigenvalue weighted by atomic mass is 10.0. The molecule has 0 bridgehead atoms. The Morgan fingerprint density at radius 3 is 2.06 bits per heavy atom. The van der Waals surface area contributed by atoms with Crippen LogP contribution in [-0.2, 0) is 4.79 Å². The van der Waals surface area contributed by atoms with Crippen LogP contribution < -0.4 is 10.6 Å². The molecule has 0 radical (unpaired) electrons. The first-order chi connectivity index (χ1) is 16.9. The van der Waals surface area contributed by atoms with Crippen LogP contribution in [0.3, 0.4) is 0 Å². The van der Waals surface area contributed by atoms with Gasteiger partial charge in [-0.05, 0) is 59.3 Å². The van der Waals surface area contributed by atoms with E-state index in [1.165, 1.54) is 16.9 Å². The standard InChI is InChI=1S/C27H30N4O3S/c1-19(2)20-5-7-21(8-6-20)27(34)31-15-13-30(14-16-31)18-25(32)28-22-9-11-23(12-10-22)29-26(33)24-4-3-17-35-24/h3-12,17,19H,13-16,18H2,1-2H3,(H,28,32)(H,29,33). The molecule has 3 amide bonds. The summed E-state index contributed by atoms with van der Waals surface area (Å²) in [6.45, 7) is 7.02. The average molecular weight is 491 g/mol. The summed E-state index contributed by atoms with van der Waals surface area (Å²) in [4.78, 5) is 42.0. The van der Waals surface area contributed by atoms with E-state index in [0.29, 0.717) is 53.9 Å². The first-order valence-corrected chi connectivity index (χ1v) is 12.6. The summed E-state index contributed by atoms with van der Waals surface area (Å²) in [5, 5.41) is 7.60. The maximum Gasteiger partial charge on any atom is 0.265 e. The Balaban J connectivity index is 1.21. The molecule has 35 heavy (non-hydrogen) atoms. The van der Waals surface area contributed by atoms with Crippen LogP contribution in [0.1, 0.15) is 45.4 Å². The van der Waals surface area contributed by atoms with Crippen LogP contribution in [0, 0.1) is 0 Å². The van der Waals surface area contributed by atoms with Gasteiger partial charge in [-0.3, -0.25) is 19.3 Å². The van der Waals surface area contributed by atoms with Gasteiger partial charge in [-0.1, -0.05) is 32.0 Å². The van der Waals surface area contributed by atoms with Gasteiger partial charge in [0, 0.05) is 43.1 Å².